The largest absolute Gasteiger partial charge is 0.396 e. The van der Waals surface area contributed by atoms with E-state index in [2.05, 4.69) is 32.0 Å². The molecule has 2 nitrogen and oxygen atoms in total. The number of benzene rings is 1. The first kappa shape index (κ1) is 18.5. The Morgan fingerprint density at radius 2 is 1.83 bits per heavy atom. The predicted octanol–water partition coefficient (Wildman–Crippen LogP) is 4.47. The normalized spacial score (nSPS) is 20.7. The molecule has 0 saturated carbocycles. The molecule has 130 valence electrons. The van der Waals surface area contributed by atoms with E-state index in [1.54, 1.807) is 5.56 Å². The van der Waals surface area contributed by atoms with Gasteiger partial charge in [0.1, 0.15) is 0 Å². The first-order valence-corrected chi connectivity index (χ1v) is 9.49. The van der Waals surface area contributed by atoms with Crippen LogP contribution in [0.5, 0.6) is 0 Å². The van der Waals surface area contributed by atoms with Gasteiger partial charge in [0.05, 0.1) is 0 Å². The number of aliphatic hydroxyl groups excluding tert-OH is 2. The minimum absolute atomic E-state index is 0.293. The first-order chi connectivity index (χ1) is 11.2. The predicted molar refractivity (Wildman–Crippen MR) is 96.8 cm³/mol. The molecule has 0 bridgehead atoms. The Labute approximate surface area is 141 Å². The van der Waals surface area contributed by atoms with Gasteiger partial charge in [0.15, 0.2) is 0 Å². The van der Waals surface area contributed by atoms with Gasteiger partial charge in [0, 0.05) is 13.2 Å². The molecule has 0 aromatic heterocycles. The molecule has 1 aromatic rings. The molecule has 0 heterocycles. The van der Waals surface area contributed by atoms with E-state index in [1.807, 2.05) is 0 Å². The van der Waals surface area contributed by atoms with E-state index in [0.717, 1.165) is 38.0 Å². The maximum Gasteiger partial charge on any atom is 0.0431 e. The molecule has 2 heteroatoms. The molecule has 0 spiro atoms. The van der Waals surface area contributed by atoms with E-state index < -0.39 is 0 Å². The number of unbranched alkanes of at least 4 members (excludes halogenated alkanes) is 1. The van der Waals surface area contributed by atoms with Crippen molar-refractivity contribution in [1.82, 2.24) is 0 Å². The SMILES string of the molecule is CC(C)Cc1ccc2c(c1)C(CCCO)C(CCCCO)CC2. The summed E-state index contributed by atoms with van der Waals surface area (Å²) in [6, 6.07) is 7.12. The lowest BCUT2D eigenvalue weighted by atomic mass is 9.71. The monoisotopic (exact) mass is 318 g/mol. The molecule has 2 rings (SSSR count). The van der Waals surface area contributed by atoms with Gasteiger partial charge in [0.25, 0.3) is 0 Å². The number of aryl methyl sites for hydroxylation is 1. The Morgan fingerprint density at radius 3 is 2.52 bits per heavy atom. The molecule has 0 saturated heterocycles. The van der Waals surface area contributed by atoms with Crippen LogP contribution >= 0.6 is 0 Å². The fourth-order valence-corrected chi connectivity index (χ4v) is 4.18. The van der Waals surface area contributed by atoms with Crippen LogP contribution in [0.15, 0.2) is 18.2 Å². The van der Waals surface area contributed by atoms with Crippen molar-refractivity contribution in [3.05, 3.63) is 34.9 Å². The fourth-order valence-electron chi connectivity index (χ4n) is 4.18. The first-order valence-electron chi connectivity index (χ1n) is 9.49. The van der Waals surface area contributed by atoms with Crippen molar-refractivity contribution in [2.75, 3.05) is 13.2 Å². The van der Waals surface area contributed by atoms with Gasteiger partial charge in [-0.25, -0.2) is 0 Å². The van der Waals surface area contributed by atoms with Crippen molar-refractivity contribution in [1.29, 1.82) is 0 Å². The molecule has 2 unspecified atom stereocenters. The Hall–Kier alpha value is -0.860. The average molecular weight is 319 g/mol. The zero-order valence-electron chi connectivity index (χ0n) is 14.9. The summed E-state index contributed by atoms with van der Waals surface area (Å²) >= 11 is 0. The molecule has 1 aromatic carbocycles. The van der Waals surface area contributed by atoms with Crippen LogP contribution in [-0.2, 0) is 12.8 Å². The maximum atomic E-state index is 9.29. The topological polar surface area (TPSA) is 40.5 Å². The molecular weight excluding hydrogens is 284 g/mol. The quantitative estimate of drug-likeness (QED) is 0.660. The van der Waals surface area contributed by atoms with Gasteiger partial charge in [-0.3, -0.25) is 0 Å². The number of aliphatic hydroxyl groups is 2. The number of rotatable bonds is 9. The van der Waals surface area contributed by atoms with Gasteiger partial charge in [-0.1, -0.05) is 38.5 Å². The van der Waals surface area contributed by atoms with E-state index in [4.69, 9.17) is 5.11 Å². The van der Waals surface area contributed by atoms with Gasteiger partial charge in [-0.2, -0.15) is 0 Å². The lowest BCUT2D eigenvalue weighted by Gasteiger charge is -2.34. The summed E-state index contributed by atoms with van der Waals surface area (Å²) in [5.41, 5.74) is 4.54. The summed E-state index contributed by atoms with van der Waals surface area (Å²) in [5.74, 6) is 2.00. The Balaban J connectivity index is 2.18. The highest BCUT2D eigenvalue weighted by molar-refractivity contribution is 5.37. The third-order valence-corrected chi connectivity index (χ3v) is 5.26. The lowest BCUT2D eigenvalue weighted by Crippen LogP contribution is -2.22. The van der Waals surface area contributed by atoms with Crippen molar-refractivity contribution in [2.45, 2.75) is 71.1 Å². The van der Waals surface area contributed by atoms with Gasteiger partial charge in [-0.15, -0.1) is 0 Å². The highest BCUT2D eigenvalue weighted by Gasteiger charge is 2.28. The van der Waals surface area contributed by atoms with Gasteiger partial charge in [-0.05, 0) is 79.4 Å². The number of hydrogen-bond acceptors (Lipinski definition) is 2. The minimum Gasteiger partial charge on any atom is -0.396 e. The van der Waals surface area contributed by atoms with Crippen molar-refractivity contribution < 1.29 is 10.2 Å². The zero-order chi connectivity index (χ0) is 16.7. The highest BCUT2D eigenvalue weighted by Crippen LogP contribution is 2.42. The minimum atomic E-state index is 0.293. The summed E-state index contributed by atoms with van der Waals surface area (Å²) in [7, 11) is 0. The van der Waals surface area contributed by atoms with Gasteiger partial charge in [0.2, 0.25) is 0 Å². The summed E-state index contributed by atoms with van der Waals surface area (Å²) < 4.78 is 0. The van der Waals surface area contributed by atoms with Gasteiger partial charge < -0.3 is 10.2 Å². The van der Waals surface area contributed by atoms with Crippen molar-refractivity contribution in [3.8, 4) is 0 Å². The fraction of sp³-hybridized carbons (Fsp3) is 0.714. The van der Waals surface area contributed by atoms with Crippen molar-refractivity contribution in [2.24, 2.45) is 11.8 Å². The molecule has 0 fully saturated rings. The second-order valence-corrected chi connectivity index (χ2v) is 7.62. The molecule has 0 radical (unpaired) electrons. The smallest absolute Gasteiger partial charge is 0.0431 e. The van der Waals surface area contributed by atoms with Crippen molar-refractivity contribution >= 4 is 0 Å². The van der Waals surface area contributed by atoms with Crippen LogP contribution < -0.4 is 0 Å². The summed E-state index contributed by atoms with van der Waals surface area (Å²) in [4.78, 5) is 0. The van der Waals surface area contributed by atoms with E-state index >= 15 is 0 Å². The van der Waals surface area contributed by atoms with Gasteiger partial charge >= 0.3 is 0 Å². The molecule has 2 atom stereocenters. The molecule has 23 heavy (non-hydrogen) atoms. The van der Waals surface area contributed by atoms with Crippen LogP contribution in [0.2, 0.25) is 0 Å². The molecule has 0 amide bonds. The van der Waals surface area contributed by atoms with E-state index in [9.17, 15) is 5.11 Å². The standard InChI is InChI=1S/C21H34O2/c1-16(2)14-17-8-9-19-11-10-18(6-3-4-12-22)20(7-5-13-23)21(19)15-17/h8-9,15-16,18,20,22-23H,3-7,10-14H2,1-2H3. The number of fused-ring (bicyclic) bond motifs is 1. The summed E-state index contributed by atoms with van der Waals surface area (Å²) in [5, 5.41) is 18.3. The third kappa shape index (κ3) is 5.32. The maximum absolute atomic E-state index is 9.29. The van der Waals surface area contributed by atoms with Crippen LogP contribution in [0.1, 0.15) is 75.0 Å². The van der Waals surface area contributed by atoms with E-state index in [-0.39, 0.29) is 0 Å². The van der Waals surface area contributed by atoms with Crippen LogP contribution in [0, 0.1) is 11.8 Å². The Kier molecular flexibility index (Phi) is 7.58. The molecule has 2 N–H and O–H groups in total. The Bertz CT molecular complexity index is 467. The summed E-state index contributed by atoms with van der Waals surface area (Å²) in [6.45, 7) is 5.16. The third-order valence-electron chi connectivity index (χ3n) is 5.26. The molecule has 1 aliphatic rings. The zero-order valence-corrected chi connectivity index (χ0v) is 14.9. The highest BCUT2D eigenvalue weighted by atomic mass is 16.3. The Morgan fingerprint density at radius 1 is 1.04 bits per heavy atom. The van der Waals surface area contributed by atoms with Crippen LogP contribution in [0.3, 0.4) is 0 Å². The van der Waals surface area contributed by atoms with E-state index in [0.29, 0.717) is 25.0 Å². The van der Waals surface area contributed by atoms with Crippen molar-refractivity contribution in [3.63, 3.8) is 0 Å². The summed E-state index contributed by atoms with van der Waals surface area (Å²) in [6.07, 6.45) is 8.85. The van der Waals surface area contributed by atoms with Crippen LogP contribution in [0.25, 0.3) is 0 Å². The van der Waals surface area contributed by atoms with Crippen LogP contribution in [-0.4, -0.2) is 23.4 Å². The molecule has 1 aliphatic carbocycles. The molecular formula is C21H34O2. The van der Waals surface area contributed by atoms with E-state index in [1.165, 1.54) is 30.4 Å². The lowest BCUT2D eigenvalue weighted by molar-refractivity contribution is 0.247. The van der Waals surface area contributed by atoms with Crippen LogP contribution in [0.4, 0.5) is 0 Å². The second-order valence-electron chi connectivity index (χ2n) is 7.62. The molecule has 0 aliphatic heterocycles. The average Bonchev–Trinajstić information content (AvgIpc) is 2.53. The second kappa shape index (κ2) is 9.44. The number of hydrogen-bond donors (Lipinski definition) is 2.